The number of ether oxygens (including phenoxy) is 1. The molecule has 0 aliphatic carbocycles. The molecule has 2 N–H and O–H groups in total. The monoisotopic (exact) mass is 363 g/mol. The summed E-state index contributed by atoms with van der Waals surface area (Å²) in [6, 6.07) is 11.1. The predicted octanol–water partition coefficient (Wildman–Crippen LogP) is 2.58. The first-order chi connectivity index (χ1) is 10.5. The molecule has 114 valence electrons. The Morgan fingerprint density at radius 3 is 2.73 bits per heavy atom. The summed E-state index contributed by atoms with van der Waals surface area (Å²) in [5.74, 6) is -1.48. The largest absolute Gasteiger partial charge is 0.479 e. The molecule has 1 fully saturated rings. The Labute approximate surface area is 135 Å². The molecule has 0 spiro atoms. The number of hydrogen-bond acceptors (Lipinski definition) is 3. The first-order valence-corrected chi connectivity index (χ1v) is 7.63. The van der Waals surface area contributed by atoms with E-state index in [4.69, 9.17) is 4.74 Å². The van der Waals surface area contributed by atoms with Crippen LogP contribution in [-0.4, -0.2) is 35.7 Å². The highest BCUT2D eigenvalue weighted by molar-refractivity contribution is 9.10. The Kier molecular flexibility index (Phi) is 3.88. The molecule has 2 aromatic rings. The van der Waals surface area contributed by atoms with Crippen molar-refractivity contribution in [2.75, 3.05) is 13.2 Å². The molecule has 6 heteroatoms. The summed E-state index contributed by atoms with van der Waals surface area (Å²) in [5.41, 5.74) is -0.905. The lowest BCUT2D eigenvalue weighted by Gasteiger charge is -2.24. The van der Waals surface area contributed by atoms with Gasteiger partial charge in [0, 0.05) is 23.1 Å². The van der Waals surface area contributed by atoms with Crippen molar-refractivity contribution in [2.24, 2.45) is 0 Å². The summed E-state index contributed by atoms with van der Waals surface area (Å²) in [6.45, 7) is 0.311. The van der Waals surface area contributed by atoms with E-state index in [-0.39, 0.29) is 13.0 Å². The van der Waals surface area contributed by atoms with Gasteiger partial charge in [-0.2, -0.15) is 0 Å². The molecule has 1 heterocycles. The van der Waals surface area contributed by atoms with Crippen LogP contribution in [0.15, 0.2) is 40.9 Å². The predicted molar refractivity (Wildman–Crippen MR) is 84.9 cm³/mol. The Hall–Kier alpha value is -1.92. The van der Waals surface area contributed by atoms with Crippen molar-refractivity contribution in [3.8, 4) is 0 Å². The van der Waals surface area contributed by atoms with Gasteiger partial charge in [0.1, 0.15) is 0 Å². The van der Waals surface area contributed by atoms with Gasteiger partial charge in [-0.1, -0.05) is 40.2 Å². The third-order valence-corrected chi connectivity index (χ3v) is 4.31. The van der Waals surface area contributed by atoms with Crippen LogP contribution < -0.4 is 5.32 Å². The van der Waals surface area contributed by atoms with Crippen molar-refractivity contribution in [2.45, 2.75) is 12.0 Å². The lowest BCUT2D eigenvalue weighted by atomic mass is 9.97. The van der Waals surface area contributed by atoms with E-state index >= 15 is 0 Å². The van der Waals surface area contributed by atoms with Gasteiger partial charge in [-0.3, -0.25) is 4.79 Å². The molecule has 1 unspecified atom stereocenters. The number of rotatable bonds is 3. The zero-order chi connectivity index (χ0) is 15.7. The van der Waals surface area contributed by atoms with Gasteiger partial charge in [0.05, 0.1) is 6.61 Å². The van der Waals surface area contributed by atoms with Gasteiger partial charge < -0.3 is 15.2 Å². The second-order valence-electron chi connectivity index (χ2n) is 5.32. The minimum atomic E-state index is -1.35. The third-order valence-electron chi connectivity index (χ3n) is 3.86. The number of carbonyl (C=O) groups is 2. The van der Waals surface area contributed by atoms with E-state index in [1.807, 2.05) is 30.3 Å². The Morgan fingerprint density at radius 2 is 2.05 bits per heavy atom. The van der Waals surface area contributed by atoms with Crippen LogP contribution in [0.1, 0.15) is 16.8 Å². The third kappa shape index (κ3) is 2.60. The van der Waals surface area contributed by atoms with E-state index in [0.717, 1.165) is 15.2 Å². The number of fused-ring (bicyclic) bond motifs is 1. The topological polar surface area (TPSA) is 75.6 Å². The molecule has 1 saturated heterocycles. The van der Waals surface area contributed by atoms with Crippen molar-refractivity contribution in [1.29, 1.82) is 0 Å². The number of carbonyl (C=O) groups excluding carboxylic acids is 1. The molecule has 2 aromatic carbocycles. The molecule has 0 radical (unpaired) electrons. The Balaban J connectivity index is 2.00. The van der Waals surface area contributed by atoms with E-state index < -0.39 is 17.4 Å². The summed E-state index contributed by atoms with van der Waals surface area (Å²) in [4.78, 5) is 24.1. The molecule has 0 aromatic heterocycles. The number of carboxylic acids is 1. The number of aliphatic carboxylic acids is 1. The number of carboxylic acid groups (broad SMARTS) is 1. The summed E-state index contributed by atoms with van der Waals surface area (Å²) in [6.07, 6.45) is 0.264. The molecule has 1 amide bonds. The highest BCUT2D eigenvalue weighted by Gasteiger charge is 2.44. The van der Waals surface area contributed by atoms with Crippen LogP contribution in [0.2, 0.25) is 0 Å². The molecule has 3 rings (SSSR count). The van der Waals surface area contributed by atoms with E-state index in [2.05, 4.69) is 21.2 Å². The van der Waals surface area contributed by atoms with Gasteiger partial charge in [-0.05, 0) is 22.9 Å². The van der Waals surface area contributed by atoms with Gasteiger partial charge in [-0.25, -0.2) is 4.79 Å². The minimum absolute atomic E-state index is 0.0139. The first kappa shape index (κ1) is 15.0. The molecule has 5 nitrogen and oxygen atoms in total. The summed E-state index contributed by atoms with van der Waals surface area (Å²) < 4.78 is 5.93. The fraction of sp³-hybridized carbons (Fsp3) is 0.250. The number of halogens is 1. The van der Waals surface area contributed by atoms with Crippen LogP contribution >= 0.6 is 15.9 Å². The molecule has 0 saturated carbocycles. The van der Waals surface area contributed by atoms with Crippen molar-refractivity contribution in [3.05, 3.63) is 46.4 Å². The lowest BCUT2D eigenvalue weighted by molar-refractivity contribution is -0.144. The molecule has 22 heavy (non-hydrogen) atoms. The van der Waals surface area contributed by atoms with Crippen molar-refractivity contribution < 1.29 is 19.4 Å². The van der Waals surface area contributed by atoms with Crippen LogP contribution in [0.3, 0.4) is 0 Å². The number of amides is 1. The lowest BCUT2D eigenvalue weighted by Crippen LogP contribution is -2.55. The summed E-state index contributed by atoms with van der Waals surface area (Å²) in [7, 11) is 0. The smallest absolute Gasteiger partial charge is 0.331 e. The number of benzene rings is 2. The highest BCUT2D eigenvalue weighted by Crippen LogP contribution is 2.26. The highest BCUT2D eigenvalue weighted by atomic mass is 79.9. The maximum Gasteiger partial charge on any atom is 0.331 e. The molecular weight excluding hydrogens is 350 g/mol. The average molecular weight is 364 g/mol. The van der Waals surface area contributed by atoms with Crippen molar-refractivity contribution >= 4 is 38.6 Å². The average Bonchev–Trinajstić information content (AvgIpc) is 2.96. The second kappa shape index (κ2) is 5.70. The first-order valence-electron chi connectivity index (χ1n) is 6.84. The van der Waals surface area contributed by atoms with Gasteiger partial charge in [-0.15, -0.1) is 0 Å². The summed E-state index contributed by atoms with van der Waals surface area (Å²) >= 11 is 3.39. The van der Waals surface area contributed by atoms with Crippen LogP contribution in [0.25, 0.3) is 10.8 Å². The molecule has 0 bridgehead atoms. The van der Waals surface area contributed by atoms with Crippen molar-refractivity contribution in [3.63, 3.8) is 0 Å². The van der Waals surface area contributed by atoms with Gasteiger partial charge in [0.25, 0.3) is 5.91 Å². The van der Waals surface area contributed by atoms with E-state index in [1.165, 1.54) is 0 Å². The van der Waals surface area contributed by atoms with Gasteiger partial charge in [0.2, 0.25) is 0 Å². The van der Waals surface area contributed by atoms with Crippen LogP contribution in [0, 0.1) is 0 Å². The molecule has 1 aliphatic rings. The fourth-order valence-electron chi connectivity index (χ4n) is 2.63. The minimum Gasteiger partial charge on any atom is -0.479 e. The van der Waals surface area contributed by atoms with Crippen LogP contribution in [0.5, 0.6) is 0 Å². The van der Waals surface area contributed by atoms with E-state index in [0.29, 0.717) is 12.2 Å². The van der Waals surface area contributed by atoms with E-state index in [9.17, 15) is 14.7 Å². The zero-order valence-corrected chi connectivity index (χ0v) is 13.2. The van der Waals surface area contributed by atoms with Gasteiger partial charge >= 0.3 is 5.97 Å². The van der Waals surface area contributed by atoms with Crippen molar-refractivity contribution in [1.82, 2.24) is 5.32 Å². The molecular formula is C16H14BrNO4. The maximum absolute atomic E-state index is 12.6. The molecule has 1 aliphatic heterocycles. The Morgan fingerprint density at radius 1 is 1.27 bits per heavy atom. The molecule has 1 atom stereocenters. The maximum atomic E-state index is 12.6. The SMILES string of the molecule is O=C(NC1(C(=O)O)CCOC1)c1cc(Br)cc2ccccc12. The zero-order valence-electron chi connectivity index (χ0n) is 11.6. The van der Waals surface area contributed by atoms with E-state index in [1.54, 1.807) is 6.07 Å². The standard InChI is InChI=1S/C16H14BrNO4/c17-11-7-10-3-1-2-4-12(10)13(8-11)14(19)18-16(15(20)21)5-6-22-9-16/h1-4,7-8H,5-6,9H2,(H,18,19)(H,20,21). The number of hydrogen-bond donors (Lipinski definition) is 2. The normalized spacial score (nSPS) is 21.0. The fourth-order valence-corrected chi connectivity index (χ4v) is 3.11. The van der Waals surface area contributed by atoms with Crippen LogP contribution in [0.4, 0.5) is 0 Å². The number of nitrogens with one attached hydrogen (secondary N) is 1. The summed E-state index contributed by atoms with van der Waals surface area (Å²) in [5, 5.41) is 13.8. The van der Waals surface area contributed by atoms with Crippen LogP contribution in [-0.2, 0) is 9.53 Å². The second-order valence-corrected chi connectivity index (χ2v) is 6.23. The van der Waals surface area contributed by atoms with Gasteiger partial charge in [0.15, 0.2) is 5.54 Å². The quantitative estimate of drug-likeness (QED) is 0.878. The Bertz CT molecular complexity index is 753.